The van der Waals surface area contributed by atoms with Crippen molar-refractivity contribution in [2.75, 3.05) is 26.2 Å². The molecule has 0 radical (unpaired) electrons. The first-order valence-corrected chi connectivity index (χ1v) is 12.5. The van der Waals surface area contributed by atoms with Crippen molar-refractivity contribution < 1.29 is 47.7 Å². The van der Waals surface area contributed by atoms with Crippen molar-refractivity contribution in [2.45, 2.75) is 77.2 Å². The van der Waals surface area contributed by atoms with Gasteiger partial charge in [0.25, 0.3) is 0 Å². The average molecular weight is 495 g/mol. The molecule has 0 aromatic carbocycles. The summed E-state index contributed by atoms with van der Waals surface area (Å²) in [6, 6.07) is 0. The van der Waals surface area contributed by atoms with E-state index >= 15 is 0 Å². The molecule has 184 valence electrons. The van der Waals surface area contributed by atoms with Gasteiger partial charge in [-0.15, -0.1) is 0 Å². The van der Waals surface area contributed by atoms with Gasteiger partial charge < -0.3 is 8.61 Å². The van der Waals surface area contributed by atoms with Gasteiger partial charge in [-0.05, 0) is 26.2 Å². The van der Waals surface area contributed by atoms with Crippen LogP contribution in [-0.4, -0.2) is 58.5 Å². The standard InChI is InChI=1S/C14H32N.C2F6NO4S2/c1-5-9-12-15(8-4,13-10-6-2)14-11-7-3;3-1(4,5)14(10,11)9-15(12,13)2(6,7)8/h5-14H2,1-4H3;/q+1;-1. The highest BCUT2D eigenvalue weighted by molar-refractivity contribution is 8.13. The molecule has 0 unspecified atom stereocenters. The zero-order valence-corrected chi connectivity index (χ0v) is 19.3. The number of alkyl halides is 6. The van der Waals surface area contributed by atoms with Crippen LogP contribution in [0, 0.1) is 0 Å². The molecule has 0 aliphatic carbocycles. The SMILES string of the molecule is CCCC[N+](CC)(CCCC)CCCC.O=S(=O)([N-]S(=O)(=O)C(F)(F)F)C(F)(F)F. The summed E-state index contributed by atoms with van der Waals surface area (Å²) in [6.45, 7) is 14.9. The highest BCUT2D eigenvalue weighted by atomic mass is 32.3. The second-order valence-electron chi connectivity index (χ2n) is 6.81. The Morgan fingerprint density at radius 3 is 1.07 bits per heavy atom. The Morgan fingerprint density at radius 2 is 0.900 bits per heavy atom. The van der Waals surface area contributed by atoms with Gasteiger partial charge in [0.15, 0.2) is 20.0 Å². The van der Waals surface area contributed by atoms with E-state index in [1.54, 1.807) is 0 Å². The van der Waals surface area contributed by atoms with Gasteiger partial charge in [0, 0.05) is 0 Å². The molecule has 0 aromatic rings. The van der Waals surface area contributed by atoms with E-state index in [-0.39, 0.29) is 0 Å². The van der Waals surface area contributed by atoms with Crippen LogP contribution >= 0.6 is 0 Å². The quantitative estimate of drug-likeness (QED) is 0.273. The summed E-state index contributed by atoms with van der Waals surface area (Å²) in [4.78, 5) is 0. The number of sulfonamides is 2. The van der Waals surface area contributed by atoms with Crippen molar-refractivity contribution in [1.29, 1.82) is 0 Å². The van der Waals surface area contributed by atoms with E-state index in [4.69, 9.17) is 0 Å². The molecular formula is C16H32F6N2O4S2. The highest BCUT2D eigenvalue weighted by Gasteiger charge is 2.46. The lowest BCUT2D eigenvalue weighted by atomic mass is 10.1. The molecule has 0 heterocycles. The molecule has 0 saturated carbocycles. The fourth-order valence-electron chi connectivity index (χ4n) is 2.50. The molecule has 0 aliphatic rings. The second kappa shape index (κ2) is 13.1. The maximum absolute atomic E-state index is 11.4. The van der Waals surface area contributed by atoms with Gasteiger partial charge in [-0.25, -0.2) is 16.8 Å². The summed E-state index contributed by atoms with van der Waals surface area (Å²) in [6.07, 6.45) is 8.25. The van der Waals surface area contributed by atoms with Crippen LogP contribution in [0.1, 0.15) is 66.2 Å². The normalized spacial score (nSPS) is 13.7. The smallest absolute Gasteiger partial charge is 0.421 e. The number of nitrogens with zero attached hydrogens (tertiary/aromatic N) is 2. The minimum atomic E-state index is -6.72. The Kier molecular flexibility index (Phi) is 13.8. The molecule has 0 aromatic heterocycles. The van der Waals surface area contributed by atoms with Crippen molar-refractivity contribution in [3.63, 3.8) is 0 Å². The maximum atomic E-state index is 11.4. The molecule has 0 bridgehead atoms. The van der Waals surface area contributed by atoms with Crippen molar-refractivity contribution in [1.82, 2.24) is 0 Å². The largest absolute Gasteiger partial charge is 0.480 e. The lowest BCUT2D eigenvalue weighted by Crippen LogP contribution is -2.49. The van der Waals surface area contributed by atoms with Gasteiger partial charge in [-0.3, -0.25) is 0 Å². The van der Waals surface area contributed by atoms with E-state index in [0.29, 0.717) is 0 Å². The number of hydrogen-bond acceptors (Lipinski definition) is 4. The third-order valence-electron chi connectivity index (χ3n) is 4.41. The monoisotopic (exact) mass is 494 g/mol. The Morgan fingerprint density at radius 1 is 0.633 bits per heavy atom. The Labute approximate surface area is 175 Å². The fraction of sp³-hybridized carbons (Fsp3) is 1.00. The van der Waals surface area contributed by atoms with E-state index in [1.807, 2.05) is 0 Å². The second-order valence-corrected chi connectivity index (χ2v) is 10.2. The molecule has 0 N–H and O–H groups in total. The van der Waals surface area contributed by atoms with Gasteiger partial charge in [0.1, 0.15) is 0 Å². The number of rotatable bonds is 12. The molecule has 0 amide bonds. The van der Waals surface area contributed by atoms with Gasteiger partial charge in [-0.2, -0.15) is 26.3 Å². The predicted octanol–water partition coefficient (Wildman–Crippen LogP) is 5.28. The summed E-state index contributed by atoms with van der Waals surface area (Å²) in [7, 11) is -13.4. The maximum Gasteiger partial charge on any atom is 0.480 e. The summed E-state index contributed by atoms with van der Waals surface area (Å²) in [5.41, 5.74) is -12.4. The summed E-state index contributed by atoms with van der Waals surface area (Å²) >= 11 is 0. The Hall–Kier alpha value is -0.600. The first-order chi connectivity index (χ1) is 13.4. The van der Waals surface area contributed by atoms with Gasteiger partial charge in [-0.1, -0.05) is 40.0 Å². The lowest BCUT2D eigenvalue weighted by Gasteiger charge is -2.38. The fourth-order valence-corrected chi connectivity index (χ4v) is 4.21. The van der Waals surface area contributed by atoms with Crippen molar-refractivity contribution in [3.8, 4) is 0 Å². The third-order valence-corrected chi connectivity index (χ3v) is 7.15. The summed E-state index contributed by atoms with van der Waals surface area (Å²) in [5.74, 6) is 0. The lowest BCUT2D eigenvalue weighted by molar-refractivity contribution is -0.927. The van der Waals surface area contributed by atoms with Crippen LogP contribution < -0.4 is 0 Å². The predicted molar refractivity (Wildman–Crippen MR) is 103 cm³/mol. The van der Waals surface area contributed by atoms with Crippen LogP contribution in [0.5, 0.6) is 0 Å². The average Bonchev–Trinajstić information content (AvgIpc) is 2.59. The molecule has 0 atom stereocenters. The zero-order valence-electron chi connectivity index (χ0n) is 17.7. The topological polar surface area (TPSA) is 82.4 Å². The first kappa shape index (κ1) is 31.6. The molecule has 0 saturated heterocycles. The van der Waals surface area contributed by atoms with Gasteiger partial charge in [0.05, 0.1) is 26.2 Å². The van der Waals surface area contributed by atoms with Gasteiger partial charge in [0.2, 0.25) is 0 Å². The summed E-state index contributed by atoms with van der Waals surface area (Å²) < 4.78 is 111. The molecule has 0 aliphatic heterocycles. The number of halogens is 6. The number of quaternary nitrogens is 1. The minimum absolute atomic E-state index is 0.778. The van der Waals surface area contributed by atoms with Crippen LogP contribution in [0.2, 0.25) is 0 Å². The molecule has 30 heavy (non-hydrogen) atoms. The molecule has 6 nitrogen and oxygen atoms in total. The number of hydrogen-bond donors (Lipinski definition) is 0. The van der Waals surface area contributed by atoms with E-state index < -0.39 is 31.1 Å². The van der Waals surface area contributed by atoms with Crippen LogP contribution in [0.25, 0.3) is 4.13 Å². The van der Waals surface area contributed by atoms with Crippen LogP contribution in [0.4, 0.5) is 26.3 Å². The minimum Gasteiger partial charge on any atom is -0.421 e. The molecule has 14 heteroatoms. The Balaban J connectivity index is 0. The molecule has 0 fully saturated rings. The Bertz CT molecular complexity index is 613. The van der Waals surface area contributed by atoms with E-state index in [2.05, 4.69) is 27.7 Å². The van der Waals surface area contributed by atoms with Crippen LogP contribution in [-0.2, 0) is 20.0 Å². The molecule has 0 spiro atoms. The van der Waals surface area contributed by atoms with E-state index in [0.717, 1.165) is 4.13 Å². The third kappa shape index (κ3) is 11.1. The van der Waals surface area contributed by atoms with E-state index in [1.165, 1.54) is 69.2 Å². The van der Waals surface area contributed by atoms with E-state index in [9.17, 15) is 43.2 Å². The summed E-state index contributed by atoms with van der Waals surface area (Å²) in [5, 5.41) is 0. The number of unbranched alkanes of at least 4 members (excludes halogenated alkanes) is 3. The van der Waals surface area contributed by atoms with Crippen LogP contribution in [0.3, 0.4) is 0 Å². The highest BCUT2D eigenvalue weighted by Crippen LogP contribution is 2.36. The molecule has 0 rings (SSSR count). The molecular weight excluding hydrogens is 462 g/mol. The van der Waals surface area contributed by atoms with Crippen LogP contribution in [0.15, 0.2) is 0 Å². The van der Waals surface area contributed by atoms with Crippen molar-refractivity contribution in [2.24, 2.45) is 0 Å². The zero-order chi connectivity index (χ0) is 24.3. The van der Waals surface area contributed by atoms with Crippen molar-refractivity contribution >= 4 is 20.0 Å². The first-order valence-electron chi connectivity index (χ1n) is 9.67. The van der Waals surface area contributed by atoms with Gasteiger partial charge >= 0.3 is 11.0 Å². The van der Waals surface area contributed by atoms with Crippen molar-refractivity contribution in [3.05, 3.63) is 4.13 Å².